The minimum absolute atomic E-state index is 0.00780. The van der Waals surface area contributed by atoms with Gasteiger partial charge in [-0.3, -0.25) is 9.59 Å². The molecule has 1 aromatic rings. The molecule has 2 heterocycles. The molecule has 4 rings (SSSR count). The molecule has 3 aliphatic rings. The molecule has 4 heteroatoms. The van der Waals surface area contributed by atoms with Crippen LogP contribution in [0.15, 0.2) is 24.3 Å². The van der Waals surface area contributed by atoms with Crippen LogP contribution in [-0.4, -0.2) is 28.9 Å². The Balaban J connectivity index is 1.67. The summed E-state index contributed by atoms with van der Waals surface area (Å²) in [4.78, 5) is 27.6. The van der Waals surface area contributed by atoms with Crippen molar-refractivity contribution in [2.24, 2.45) is 10.8 Å². The largest absolute Gasteiger partial charge is 0.448 e. The van der Waals surface area contributed by atoms with Crippen molar-refractivity contribution in [3.05, 3.63) is 35.4 Å². The Morgan fingerprint density at radius 3 is 2.43 bits per heavy atom. The summed E-state index contributed by atoms with van der Waals surface area (Å²) in [6, 6.07) is 8.26. The zero-order valence-corrected chi connectivity index (χ0v) is 14.0. The van der Waals surface area contributed by atoms with Gasteiger partial charge in [0, 0.05) is 18.5 Å². The topological polar surface area (TPSA) is 46.6 Å². The van der Waals surface area contributed by atoms with E-state index in [1.54, 1.807) is 0 Å². The summed E-state index contributed by atoms with van der Waals surface area (Å²) in [7, 11) is 0. The number of ether oxygens (including phenoxy) is 1. The molecule has 0 N–H and O–H groups in total. The summed E-state index contributed by atoms with van der Waals surface area (Å²) in [6.45, 7) is 7.29. The monoisotopic (exact) mass is 313 g/mol. The molecule has 0 aromatic heterocycles. The standard InChI is InChI=1S/C19H23NO3/c1-17(2)18(3)9-10-19(17,23-16(18)22)15(21)20-11-8-13-6-4-5-7-14(13)12-20/h4-7H,8-12H2,1-3H3/t18-,19+/m1/s1. The van der Waals surface area contributed by atoms with Crippen molar-refractivity contribution in [2.45, 2.75) is 52.2 Å². The molecule has 23 heavy (non-hydrogen) atoms. The smallest absolute Gasteiger partial charge is 0.313 e. The summed E-state index contributed by atoms with van der Waals surface area (Å²) < 4.78 is 5.74. The lowest BCUT2D eigenvalue weighted by molar-refractivity contribution is -0.174. The van der Waals surface area contributed by atoms with E-state index in [1.807, 2.05) is 37.8 Å². The molecule has 1 saturated carbocycles. The second kappa shape index (κ2) is 4.37. The van der Waals surface area contributed by atoms with Crippen LogP contribution in [0.25, 0.3) is 0 Å². The minimum Gasteiger partial charge on any atom is -0.448 e. The number of amides is 1. The third-order valence-corrected chi connectivity index (χ3v) is 6.85. The Kier molecular flexibility index (Phi) is 2.80. The van der Waals surface area contributed by atoms with Crippen LogP contribution in [0.2, 0.25) is 0 Å². The minimum atomic E-state index is -0.981. The van der Waals surface area contributed by atoms with Crippen LogP contribution in [0, 0.1) is 10.8 Å². The van der Waals surface area contributed by atoms with Gasteiger partial charge in [0.1, 0.15) is 0 Å². The Bertz CT molecular complexity index is 710. The molecule has 2 fully saturated rings. The Morgan fingerprint density at radius 1 is 1.13 bits per heavy atom. The maximum atomic E-state index is 13.3. The van der Waals surface area contributed by atoms with Crippen molar-refractivity contribution in [3.8, 4) is 0 Å². The number of benzene rings is 1. The molecule has 2 bridgehead atoms. The molecule has 1 saturated heterocycles. The van der Waals surface area contributed by atoms with Crippen molar-refractivity contribution in [1.82, 2.24) is 4.90 Å². The van der Waals surface area contributed by atoms with E-state index in [2.05, 4.69) is 12.1 Å². The highest BCUT2D eigenvalue weighted by Gasteiger charge is 2.76. The van der Waals surface area contributed by atoms with E-state index in [4.69, 9.17) is 4.74 Å². The van der Waals surface area contributed by atoms with Crippen LogP contribution in [0.3, 0.4) is 0 Å². The van der Waals surface area contributed by atoms with Crippen LogP contribution in [0.5, 0.6) is 0 Å². The van der Waals surface area contributed by atoms with E-state index in [1.165, 1.54) is 11.1 Å². The first-order chi connectivity index (χ1) is 10.8. The first kappa shape index (κ1) is 14.7. The number of nitrogens with zero attached hydrogens (tertiary/aromatic N) is 1. The van der Waals surface area contributed by atoms with E-state index in [0.29, 0.717) is 19.5 Å². The highest BCUT2D eigenvalue weighted by atomic mass is 16.6. The maximum absolute atomic E-state index is 13.3. The lowest BCUT2D eigenvalue weighted by atomic mass is 9.66. The number of hydrogen-bond acceptors (Lipinski definition) is 3. The molecule has 4 nitrogen and oxygen atoms in total. The molecule has 1 aromatic carbocycles. The average Bonchev–Trinajstić information content (AvgIpc) is 2.84. The molecular weight excluding hydrogens is 290 g/mol. The van der Waals surface area contributed by atoms with Crippen molar-refractivity contribution in [2.75, 3.05) is 6.54 Å². The van der Waals surface area contributed by atoms with Crippen LogP contribution < -0.4 is 0 Å². The first-order valence-corrected chi connectivity index (χ1v) is 8.41. The molecule has 122 valence electrons. The normalized spacial score (nSPS) is 34.2. The van der Waals surface area contributed by atoms with E-state index < -0.39 is 16.4 Å². The van der Waals surface area contributed by atoms with Crippen molar-refractivity contribution < 1.29 is 14.3 Å². The van der Waals surface area contributed by atoms with Crippen LogP contribution >= 0.6 is 0 Å². The van der Waals surface area contributed by atoms with Crippen molar-refractivity contribution in [3.63, 3.8) is 0 Å². The predicted octanol–water partition coefficient (Wildman–Crippen LogP) is 2.69. The lowest BCUT2D eigenvalue weighted by Gasteiger charge is -2.40. The van der Waals surface area contributed by atoms with Gasteiger partial charge in [0.05, 0.1) is 5.41 Å². The number of rotatable bonds is 1. The number of hydrogen-bond donors (Lipinski definition) is 0. The Hall–Kier alpha value is -1.84. The molecule has 1 amide bonds. The van der Waals surface area contributed by atoms with Crippen molar-refractivity contribution in [1.29, 1.82) is 0 Å². The zero-order chi connectivity index (χ0) is 16.5. The van der Waals surface area contributed by atoms with E-state index in [9.17, 15) is 9.59 Å². The van der Waals surface area contributed by atoms with E-state index in [-0.39, 0.29) is 11.9 Å². The number of fused-ring (bicyclic) bond motifs is 3. The Morgan fingerprint density at radius 2 is 1.83 bits per heavy atom. The van der Waals surface area contributed by atoms with Crippen LogP contribution in [0.4, 0.5) is 0 Å². The summed E-state index contributed by atoms with van der Waals surface area (Å²) in [5.41, 5.74) is 0.520. The summed E-state index contributed by atoms with van der Waals surface area (Å²) in [5, 5.41) is 0. The molecule has 1 aliphatic carbocycles. The molecule has 0 radical (unpaired) electrons. The highest BCUT2D eigenvalue weighted by molar-refractivity contribution is 5.96. The number of esters is 1. The fraction of sp³-hybridized carbons (Fsp3) is 0.579. The second-order valence-electron chi connectivity index (χ2n) is 7.92. The fourth-order valence-electron chi connectivity index (χ4n) is 4.65. The van der Waals surface area contributed by atoms with Gasteiger partial charge in [-0.1, -0.05) is 38.1 Å². The van der Waals surface area contributed by atoms with Gasteiger partial charge >= 0.3 is 5.97 Å². The Labute approximate surface area is 136 Å². The maximum Gasteiger partial charge on any atom is 0.313 e. The third kappa shape index (κ3) is 1.62. The van der Waals surface area contributed by atoms with Crippen molar-refractivity contribution >= 4 is 11.9 Å². The third-order valence-electron chi connectivity index (χ3n) is 6.85. The highest BCUT2D eigenvalue weighted by Crippen LogP contribution is 2.66. The summed E-state index contributed by atoms with van der Waals surface area (Å²) in [6.07, 6.45) is 2.23. The van der Waals surface area contributed by atoms with Gasteiger partial charge in [0.15, 0.2) is 5.60 Å². The SMILES string of the molecule is CC1(C)[C@@]2(C(=O)N3CCc4ccccc4C3)CC[C@]1(C)C(=O)O2. The predicted molar refractivity (Wildman–Crippen MR) is 85.5 cm³/mol. The van der Waals surface area contributed by atoms with Crippen LogP contribution in [-0.2, 0) is 27.3 Å². The van der Waals surface area contributed by atoms with Gasteiger partial charge in [-0.2, -0.15) is 0 Å². The van der Waals surface area contributed by atoms with Gasteiger partial charge in [0.2, 0.25) is 0 Å². The van der Waals surface area contributed by atoms with Gasteiger partial charge in [0.25, 0.3) is 5.91 Å². The van der Waals surface area contributed by atoms with E-state index in [0.717, 1.165) is 12.8 Å². The first-order valence-electron chi connectivity index (χ1n) is 8.41. The summed E-state index contributed by atoms with van der Waals surface area (Å²) >= 11 is 0. The lowest BCUT2D eigenvalue weighted by Crippen LogP contribution is -2.55. The molecule has 2 atom stereocenters. The second-order valence-corrected chi connectivity index (χ2v) is 7.92. The fourth-order valence-corrected chi connectivity index (χ4v) is 4.65. The van der Waals surface area contributed by atoms with Gasteiger partial charge in [-0.05, 0) is 37.3 Å². The number of carbonyl (C=O) groups is 2. The molecule has 0 unspecified atom stereocenters. The van der Waals surface area contributed by atoms with E-state index >= 15 is 0 Å². The van der Waals surface area contributed by atoms with Crippen LogP contribution in [0.1, 0.15) is 44.7 Å². The van der Waals surface area contributed by atoms with Gasteiger partial charge < -0.3 is 9.64 Å². The molecule has 0 spiro atoms. The quantitative estimate of drug-likeness (QED) is 0.749. The number of carbonyl (C=O) groups excluding carboxylic acids is 2. The summed E-state index contributed by atoms with van der Waals surface area (Å²) in [5.74, 6) is -0.217. The molecule has 2 aliphatic heterocycles. The molecular formula is C19H23NO3. The van der Waals surface area contributed by atoms with Gasteiger partial charge in [-0.15, -0.1) is 0 Å². The average molecular weight is 313 g/mol. The van der Waals surface area contributed by atoms with Gasteiger partial charge in [-0.25, -0.2) is 0 Å². The zero-order valence-electron chi connectivity index (χ0n) is 14.0.